The average Bonchev–Trinajstić information content (AvgIpc) is 2.54. The second kappa shape index (κ2) is 7.08. The molecule has 6 heteroatoms. The standard InChI is InChI=1S/C15H21N3O3/c1-21-13-4-2-3-12(9-13)10-14(19)17-5-7-18(8-6-17)15(20)11-16/h2-4,9H,5-8,10-11,16H2,1H3. The number of hydrogen-bond donors (Lipinski definition) is 1. The summed E-state index contributed by atoms with van der Waals surface area (Å²) in [6, 6.07) is 7.51. The molecule has 1 aliphatic heterocycles. The molecule has 2 amide bonds. The van der Waals surface area contributed by atoms with E-state index in [1.54, 1.807) is 16.9 Å². The van der Waals surface area contributed by atoms with Crippen molar-refractivity contribution in [2.24, 2.45) is 5.73 Å². The summed E-state index contributed by atoms with van der Waals surface area (Å²) in [6.07, 6.45) is 0.349. The summed E-state index contributed by atoms with van der Waals surface area (Å²) < 4.78 is 5.15. The van der Waals surface area contributed by atoms with Crippen LogP contribution in [0, 0.1) is 0 Å². The molecule has 114 valence electrons. The maximum atomic E-state index is 12.3. The average molecular weight is 291 g/mol. The Balaban J connectivity index is 1.88. The molecule has 1 heterocycles. The lowest BCUT2D eigenvalue weighted by atomic mass is 10.1. The normalized spacial score (nSPS) is 15.0. The molecule has 1 saturated heterocycles. The Morgan fingerprint density at radius 3 is 2.33 bits per heavy atom. The summed E-state index contributed by atoms with van der Waals surface area (Å²) in [5.74, 6) is 0.761. The quantitative estimate of drug-likeness (QED) is 0.838. The smallest absolute Gasteiger partial charge is 0.236 e. The van der Waals surface area contributed by atoms with Crippen LogP contribution in [0.2, 0.25) is 0 Å². The fourth-order valence-electron chi connectivity index (χ4n) is 2.40. The van der Waals surface area contributed by atoms with E-state index in [-0.39, 0.29) is 18.4 Å². The third kappa shape index (κ3) is 3.95. The Labute approximate surface area is 124 Å². The molecule has 1 aromatic rings. The van der Waals surface area contributed by atoms with Gasteiger partial charge in [-0.3, -0.25) is 9.59 Å². The molecule has 0 atom stereocenters. The minimum Gasteiger partial charge on any atom is -0.497 e. The lowest BCUT2D eigenvalue weighted by Gasteiger charge is -2.34. The van der Waals surface area contributed by atoms with Crippen LogP contribution >= 0.6 is 0 Å². The molecule has 1 aromatic carbocycles. The molecule has 2 rings (SSSR count). The number of piperazine rings is 1. The second-order valence-electron chi connectivity index (χ2n) is 4.99. The molecule has 0 aliphatic carbocycles. The van der Waals surface area contributed by atoms with Gasteiger partial charge in [0.1, 0.15) is 5.75 Å². The van der Waals surface area contributed by atoms with E-state index in [0.29, 0.717) is 32.6 Å². The van der Waals surface area contributed by atoms with Crippen LogP contribution in [0.25, 0.3) is 0 Å². The van der Waals surface area contributed by atoms with Crippen molar-refractivity contribution in [1.29, 1.82) is 0 Å². The highest BCUT2D eigenvalue weighted by atomic mass is 16.5. The summed E-state index contributed by atoms with van der Waals surface area (Å²) in [5, 5.41) is 0. The number of carbonyl (C=O) groups excluding carboxylic acids is 2. The van der Waals surface area contributed by atoms with Gasteiger partial charge in [-0.2, -0.15) is 0 Å². The van der Waals surface area contributed by atoms with E-state index in [1.165, 1.54) is 0 Å². The third-order valence-electron chi connectivity index (χ3n) is 3.65. The third-order valence-corrected chi connectivity index (χ3v) is 3.65. The summed E-state index contributed by atoms with van der Waals surface area (Å²) in [5.41, 5.74) is 6.27. The molecule has 0 saturated carbocycles. The fourth-order valence-corrected chi connectivity index (χ4v) is 2.40. The summed E-state index contributed by atoms with van der Waals surface area (Å²) in [6.45, 7) is 2.26. The first-order chi connectivity index (χ1) is 10.1. The van der Waals surface area contributed by atoms with Gasteiger partial charge in [-0.15, -0.1) is 0 Å². The zero-order valence-electron chi connectivity index (χ0n) is 12.2. The van der Waals surface area contributed by atoms with Gasteiger partial charge in [-0.25, -0.2) is 0 Å². The van der Waals surface area contributed by atoms with Crippen molar-refractivity contribution in [2.45, 2.75) is 6.42 Å². The number of amides is 2. The van der Waals surface area contributed by atoms with E-state index in [0.717, 1.165) is 11.3 Å². The molecule has 0 radical (unpaired) electrons. The van der Waals surface area contributed by atoms with Crippen LogP contribution in [0.4, 0.5) is 0 Å². The number of methoxy groups -OCH3 is 1. The van der Waals surface area contributed by atoms with E-state index in [2.05, 4.69) is 0 Å². The van der Waals surface area contributed by atoms with Crippen molar-refractivity contribution in [2.75, 3.05) is 39.8 Å². The number of hydrogen-bond acceptors (Lipinski definition) is 4. The van der Waals surface area contributed by atoms with Gasteiger partial charge in [0.05, 0.1) is 20.1 Å². The molecule has 0 unspecified atom stereocenters. The van der Waals surface area contributed by atoms with Crippen LogP contribution in [0.5, 0.6) is 5.75 Å². The van der Waals surface area contributed by atoms with Gasteiger partial charge in [0.2, 0.25) is 11.8 Å². The number of benzene rings is 1. The molecular weight excluding hydrogens is 270 g/mol. The monoisotopic (exact) mass is 291 g/mol. The number of rotatable bonds is 4. The molecule has 1 aliphatic rings. The minimum atomic E-state index is -0.0603. The van der Waals surface area contributed by atoms with E-state index >= 15 is 0 Å². The van der Waals surface area contributed by atoms with Gasteiger partial charge in [0, 0.05) is 26.2 Å². The Morgan fingerprint density at radius 2 is 1.76 bits per heavy atom. The van der Waals surface area contributed by atoms with Crippen molar-refractivity contribution in [3.63, 3.8) is 0 Å². The Kier molecular flexibility index (Phi) is 5.16. The van der Waals surface area contributed by atoms with Crippen molar-refractivity contribution >= 4 is 11.8 Å². The number of carbonyl (C=O) groups is 2. The largest absolute Gasteiger partial charge is 0.497 e. The molecule has 6 nitrogen and oxygen atoms in total. The first-order valence-electron chi connectivity index (χ1n) is 7.02. The van der Waals surface area contributed by atoms with Gasteiger partial charge >= 0.3 is 0 Å². The zero-order valence-corrected chi connectivity index (χ0v) is 12.2. The van der Waals surface area contributed by atoms with Gasteiger partial charge in [0.15, 0.2) is 0 Å². The minimum absolute atomic E-state index is 0.0256. The molecule has 1 fully saturated rings. The van der Waals surface area contributed by atoms with Crippen LogP contribution in [0.3, 0.4) is 0 Å². The van der Waals surface area contributed by atoms with E-state index < -0.39 is 0 Å². The predicted molar refractivity (Wildman–Crippen MR) is 78.9 cm³/mol. The maximum Gasteiger partial charge on any atom is 0.236 e. The Morgan fingerprint density at radius 1 is 1.14 bits per heavy atom. The zero-order chi connectivity index (χ0) is 15.2. The topological polar surface area (TPSA) is 75.9 Å². The summed E-state index contributed by atoms with van der Waals surface area (Å²) in [7, 11) is 1.61. The molecule has 2 N–H and O–H groups in total. The number of ether oxygens (including phenoxy) is 1. The van der Waals surface area contributed by atoms with Crippen LogP contribution < -0.4 is 10.5 Å². The van der Waals surface area contributed by atoms with Gasteiger partial charge in [-0.05, 0) is 17.7 Å². The maximum absolute atomic E-state index is 12.3. The first-order valence-corrected chi connectivity index (χ1v) is 7.02. The second-order valence-corrected chi connectivity index (χ2v) is 4.99. The molecule has 0 aromatic heterocycles. The van der Waals surface area contributed by atoms with E-state index in [1.807, 2.05) is 24.3 Å². The molecular formula is C15H21N3O3. The van der Waals surface area contributed by atoms with Crippen molar-refractivity contribution in [1.82, 2.24) is 9.80 Å². The summed E-state index contributed by atoms with van der Waals surface area (Å²) >= 11 is 0. The van der Waals surface area contributed by atoms with Crippen molar-refractivity contribution in [3.8, 4) is 5.75 Å². The van der Waals surface area contributed by atoms with E-state index in [4.69, 9.17) is 10.5 Å². The summed E-state index contributed by atoms with van der Waals surface area (Å²) in [4.78, 5) is 27.3. The van der Waals surface area contributed by atoms with Gasteiger partial charge in [-0.1, -0.05) is 12.1 Å². The first kappa shape index (κ1) is 15.3. The molecule has 0 bridgehead atoms. The SMILES string of the molecule is COc1cccc(CC(=O)N2CCN(C(=O)CN)CC2)c1. The predicted octanol–water partition coefficient (Wildman–Crippen LogP) is -0.133. The van der Waals surface area contributed by atoms with E-state index in [9.17, 15) is 9.59 Å². The van der Waals surface area contributed by atoms with Gasteiger partial charge in [0.25, 0.3) is 0 Å². The number of nitrogens with two attached hydrogens (primary N) is 1. The van der Waals surface area contributed by atoms with Crippen LogP contribution in [0.1, 0.15) is 5.56 Å². The highest BCUT2D eigenvalue weighted by molar-refractivity contribution is 5.80. The lowest BCUT2D eigenvalue weighted by Crippen LogP contribution is -2.52. The highest BCUT2D eigenvalue weighted by Gasteiger charge is 2.23. The van der Waals surface area contributed by atoms with Crippen LogP contribution in [-0.4, -0.2) is 61.4 Å². The fraction of sp³-hybridized carbons (Fsp3) is 0.467. The van der Waals surface area contributed by atoms with Gasteiger partial charge < -0.3 is 20.3 Å². The Hall–Kier alpha value is -2.08. The Bertz CT molecular complexity index is 511. The van der Waals surface area contributed by atoms with Crippen molar-refractivity contribution in [3.05, 3.63) is 29.8 Å². The molecule has 0 spiro atoms. The van der Waals surface area contributed by atoms with Crippen molar-refractivity contribution < 1.29 is 14.3 Å². The molecule has 21 heavy (non-hydrogen) atoms. The highest BCUT2D eigenvalue weighted by Crippen LogP contribution is 2.14. The number of nitrogens with zero attached hydrogens (tertiary/aromatic N) is 2. The van der Waals surface area contributed by atoms with Crippen LogP contribution in [0.15, 0.2) is 24.3 Å². The lowest BCUT2D eigenvalue weighted by molar-refractivity contribution is -0.138. The van der Waals surface area contributed by atoms with Crippen LogP contribution in [-0.2, 0) is 16.0 Å².